The van der Waals surface area contributed by atoms with E-state index in [-0.39, 0.29) is 100 Å². The summed E-state index contributed by atoms with van der Waals surface area (Å²) in [5.41, 5.74) is -0.150. The zero-order valence-corrected chi connectivity index (χ0v) is 31.2. The molecule has 0 spiro atoms. The van der Waals surface area contributed by atoms with E-state index in [1.165, 1.54) is 0 Å². The van der Waals surface area contributed by atoms with Gasteiger partial charge in [0.25, 0.3) is 0 Å². The molecule has 0 aromatic carbocycles. The van der Waals surface area contributed by atoms with Crippen LogP contribution in [0.1, 0.15) is 91.9 Å². The maximum Gasteiger partial charge on any atom is 1.00 e. The third-order valence-electron chi connectivity index (χ3n) is 11.6. The fraction of sp³-hybridized carbons (Fsp3) is 1.00. The minimum Gasteiger partial charge on any atom is -0.726 e. The SMILES string of the molecule is CC(CCC[C@@H](C)[C@H]1CC[C@H]2[C@@H]3[C@H](O)C[C@H]4[C@@H](O)[C@H](OS(=O)(=O)[O-])CC[C@]4(C)[C@H]3CC[C@]12C)COS(=O)(=O)[O-].[Na+].[Na+]. The summed E-state index contributed by atoms with van der Waals surface area (Å²) in [6.07, 6.45) is 5.45. The first-order chi connectivity index (χ1) is 18.0. The molecular weight excluding hydrogens is 594 g/mol. The molecule has 0 heterocycles. The van der Waals surface area contributed by atoms with Gasteiger partial charge in [-0.1, -0.05) is 40.5 Å². The third kappa shape index (κ3) is 8.53. The number of hydrogen-bond donors (Lipinski definition) is 2. The Labute approximate surface area is 291 Å². The molecule has 14 heteroatoms. The molecule has 12 atom stereocenters. The molecule has 4 saturated carbocycles. The summed E-state index contributed by atoms with van der Waals surface area (Å²) >= 11 is 0. The van der Waals surface area contributed by atoms with Gasteiger partial charge in [-0.3, -0.25) is 8.37 Å². The van der Waals surface area contributed by atoms with Crippen molar-refractivity contribution in [1.29, 1.82) is 0 Å². The first-order valence-corrected chi connectivity index (χ1v) is 17.2. The number of aliphatic hydroxyl groups is 2. The van der Waals surface area contributed by atoms with Gasteiger partial charge in [0.1, 0.15) is 6.10 Å². The predicted molar refractivity (Wildman–Crippen MR) is 140 cm³/mol. The molecule has 0 aromatic heterocycles. The van der Waals surface area contributed by atoms with Crippen molar-refractivity contribution in [3.05, 3.63) is 0 Å². The molecule has 10 nitrogen and oxygen atoms in total. The molecule has 0 aromatic rings. The van der Waals surface area contributed by atoms with Crippen molar-refractivity contribution >= 4 is 20.8 Å². The molecule has 4 aliphatic carbocycles. The van der Waals surface area contributed by atoms with Crippen LogP contribution in [0.4, 0.5) is 0 Å². The van der Waals surface area contributed by atoms with Gasteiger partial charge in [-0.2, -0.15) is 0 Å². The van der Waals surface area contributed by atoms with Crippen LogP contribution in [0.25, 0.3) is 0 Å². The number of fused-ring (bicyclic) bond motifs is 5. The summed E-state index contributed by atoms with van der Waals surface area (Å²) in [5, 5.41) is 22.5. The molecule has 0 bridgehead atoms. The van der Waals surface area contributed by atoms with Crippen molar-refractivity contribution < 1.29 is 104 Å². The van der Waals surface area contributed by atoms with E-state index in [1.54, 1.807) is 0 Å². The van der Waals surface area contributed by atoms with E-state index in [1.807, 2.05) is 6.92 Å². The van der Waals surface area contributed by atoms with Crippen molar-refractivity contribution in [2.75, 3.05) is 6.61 Å². The fourth-order valence-corrected chi connectivity index (χ4v) is 10.7. The Morgan fingerprint density at radius 2 is 1.46 bits per heavy atom. The summed E-state index contributed by atoms with van der Waals surface area (Å²) in [6, 6.07) is 0. The Morgan fingerprint density at radius 3 is 2.07 bits per heavy atom. The summed E-state index contributed by atoms with van der Waals surface area (Å²) in [6.45, 7) is 8.66. The average Bonchev–Trinajstić information content (AvgIpc) is 3.17. The van der Waals surface area contributed by atoms with Crippen molar-refractivity contribution in [1.82, 2.24) is 0 Å². The van der Waals surface area contributed by atoms with Gasteiger partial charge in [-0.25, -0.2) is 16.8 Å². The van der Waals surface area contributed by atoms with Crippen molar-refractivity contribution in [2.24, 2.45) is 52.3 Å². The van der Waals surface area contributed by atoms with Gasteiger partial charge >= 0.3 is 59.1 Å². The monoisotopic (exact) mass is 640 g/mol. The van der Waals surface area contributed by atoms with Crippen LogP contribution in [0.5, 0.6) is 0 Å². The van der Waals surface area contributed by atoms with E-state index >= 15 is 0 Å². The molecule has 41 heavy (non-hydrogen) atoms. The van der Waals surface area contributed by atoms with Crippen LogP contribution >= 0.6 is 0 Å². The first kappa shape index (κ1) is 38.8. The van der Waals surface area contributed by atoms with Gasteiger partial charge in [0.05, 0.1) is 18.8 Å². The molecule has 4 rings (SSSR count). The molecule has 228 valence electrons. The molecule has 2 N–H and O–H groups in total. The van der Waals surface area contributed by atoms with Crippen LogP contribution in [0, 0.1) is 52.3 Å². The molecule has 0 aliphatic heterocycles. The second-order valence-electron chi connectivity index (χ2n) is 13.7. The number of aliphatic hydroxyl groups excluding tert-OH is 2. The van der Waals surface area contributed by atoms with Gasteiger partial charge in [0.2, 0.25) is 20.8 Å². The minimum atomic E-state index is -4.92. The summed E-state index contributed by atoms with van der Waals surface area (Å²) in [7, 11) is -9.58. The number of hydrogen-bond acceptors (Lipinski definition) is 10. The van der Waals surface area contributed by atoms with E-state index in [4.69, 9.17) is 4.18 Å². The summed E-state index contributed by atoms with van der Waals surface area (Å²) < 4.78 is 74.9. The maximum absolute atomic E-state index is 11.5. The Hall–Kier alpha value is 1.66. The van der Waals surface area contributed by atoms with Crippen molar-refractivity contribution in [3.8, 4) is 0 Å². The average molecular weight is 641 g/mol. The van der Waals surface area contributed by atoms with Crippen molar-refractivity contribution in [3.63, 3.8) is 0 Å². The number of rotatable bonds is 10. The normalized spacial score (nSPS) is 42.0. The zero-order chi connectivity index (χ0) is 29.0. The van der Waals surface area contributed by atoms with Crippen LogP contribution in [-0.2, 0) is 29.2 Å². The maximum atomic E-state index is 11.5. The van der Waals surface area contributed by atoms with Crippen molar-refractivity contribution in [2.45, 2.75) is 110 Å². The molecule has 4 aliphatic rings. The van der Waals surface area contributed by atoms with Gasteiger partial charge in [-0.05, 0) is 104 Å². The zero-order valence-electron chi connectivity index (χ0n) is 25.5. The van der Waals surface area contributed by atoms with Crippen LogP contribution < -0.4 is 59.1 Å². The van der Waals surface area contributed by atoms with E-state index in [0.29, 0.717) is 37.0 Å². The Morgan fingerprint density at radius 1 is 0.854 bits per heavy atom. The van der Waals surface area contributed by atoms with Crippen LogP contribution in [0.3, 0.4) is 0 Å². The smallest absolute Gasteiger partial charge is 0.726 e. The quantitative estimate of drug-likeness (QED) is 0.146. The van der Waals surface area contributed by atoms with Gasteiger partial charge < -0.3 is 19.3 Å². The van der Waals surface area contributed by atoms with E-state index in [2.05, 4.69) is 25.0 Å². The first-order valence-electron chi connectivity index (χ1n) is 14.6. The minimum absolute atomic E-state index is 0. The standard InChI is InChI=1S/C27H48O10S2.2Na/c1-16(15-36-38(30,31)32)6-5-7-17(2)18-8-9-19-24-20(10-12-26(18,19)3)27(4)13-11-23(37-39(33,34)35)25(29)21(27)14-22(24)28;;/h16-25,28-29H,5-15H2,1-4H3,(H,30,31,32)(H,33,34,35);;/q;2*+1/p-2/t16?,17-,18-,19+,20+,21+,22-,23-,24+,25-,26-,27-;;/m1../s1. The van der Waals surface area contributed by atoms with Gasteiger partial charge in [0.15, 0.2) is 0 Å². The second kappa shape index (κ2) is 14.6. The third-order valence-corrected chi connectivity index (χ3v) is 12.5. The fourth-order valence-electron chi connectivity index (χ4n) is 9.75. The molecule has 4 fully saturated rings. The van der Waals surface area contributed by atoms with E-state index < -0.39 is 39.1 Å². The van der Waals surface area contributed by atoms with Gasteiger partial charge in [-0.15, -0.1) is 0 Å². The van der Waals surface area contributed by atoms with E-state index in [0.717, 1.165) is 44.9 Å². The second-order valence-corrected chi connectivity index (χ2v) is 15.8. The van der Waals surface area contributed by atoms with Gasteiger partial charge in [0, 0.05) is 0 Å². The molecule has 1 unspecified atom stereocenters. The predicted octanol–water partition coefficient (Wildman–Crippen LogP) is -2.64. The summed E-state index contributed by atoms with van der Waals surface area (Å²) in [4.78, 5) is 0. The Kier molecular flexibility index (Phi) is 13.8. The van der Waals surface area contributed by atoms with Crippen LogP contribution in [0.15, 0.2) is 0 Å². The van der Waals surface area contributed by atoms with E-state index in [9.17, 15) is 36.2 Å². The molecular formula is C27H46Na2O10S2. The Balaban J connectivity index is 0.00000294. The molecule has 0 amide bonds. The molecule has 0 radical (unpaired) electrons. The topological polar surface area (TPSA) is 173 Å². The van der Waals surface area contributed by atoms with Crippen LogP contribution in [-0.4, -0.2) is 61.1 Å². The summed E-state index contributed by atoms with van der Waals surface area (Å²) in [5.74, 6) is 1.37. The largest absolute Gasteiger partial charge is 1.00 e. The molecule has 0 saturated heterocycles. The van der Waals surface area contributed by atoms with Crippen LogP contribution in [0.2, 0.25) is 0 Å². The Bertz CT molecular complexity index is 1090.